The number of benzene rings is 1. The summed E-state index contributed by atoms with van der Waals surface area (Å²) in [4.78, 5) is 14.9. The Bertz CT molecular complexity index is 845. The van der Waals surface area contributed by atoms with Gasteiger partial charge in [0, 0.05) is 50.0 Å². The second kappa shape index (κ2) is 7.53. The molecule has 0 unspecified atom stereocenters. The van der Waals surface area contributed by atoms with Crippen molar-refractivity contribution in [2.24, 2.45) is 0 Å². The molecule has 1 aliphatic rings. The standard InChI is InChI=1S/C19H21N5O2/c25-19(16-5-1-6-17(13-16)24-11-3-8-21-24)22-9-4-12-26-18(14-22)15-23-10-2-7-20-23/h1-3,5-8,10-11,13,18H,4,9,12,14-15H2/t18-/m0/s1. The molecule has 0 bridgehead atoms. The molecule has 0 spiro atoms. The second-order valence-electron chi connectivity index (χ2n) is 6.33. The van der Waals surface area contributed by atoms with Crippen LogP contribution in [0.1, 0.15) is 16.8 Å². The van der Waals surface area contributed by atoms with Gasteiger partial charge >= 0.3 is 0 Å². The molecule has 1 amide bonds. The van der Waals surface area contributed by atoms with E-state index in [-0.39, 0.29) is 12.0 Å². The fourth-order valence-electron chi connectivity index (χ4n) is 3.19. The highest BCUT2D eigenvalue weighted by Crippen LogP contribution is 2.15. The number of hydrogen-bond acceptors (Lipinski definition) is 4. The molecule has 134 valence electrons. The number of carbonyl (C=O) groups is 1. The molecule has 2 aromatic heterocycles. The van der Waals surface area contributed by atoms with Gasteiger partial charge in [-0.2, -0.15) is 10.2 Å². The highest BCUT2D eigenvalue weighted by molar-refractivity contribution is 5.94. The number of rotatable bonds is 4. The largest absolute Gasteiger partial charge is 0.374 e. The van der Waals surface area contributed by atoms with E-state index in [1.807, 2.05) is 58.4 Å². The summed E-state index contributed by atoms with van der Waals surface area (Å²) in [5.74, 6) is 0.0231. The summed E-state index contributed by atoms with van der Waals surface area (Å²) >= 11 is 0. The number of amides is 1. The number of nitrogens with zero attached hydrogens (tertiary/aromatic N) is 5. The van der Waals surface area contributed by atoms with Crippen LogP contribution in [-0.2, 0) is 11.3 Å². The van der Waals surface area contributed by atoms with E-state index in [0.717, 1.165) is 12.1 Å². The molecule has 3 aromatic rings. The fourth-order valence-corrected chi connectivity index (χ4v) is 3.19. The second-order valence-corrected chi connectivity index (χ2v) is 6.33. The zero-order valence-corrected chi connectivity index (χ0v) is 14.4. The Morgan fingerprint density at radius 1 is 1.15 bits per heavy atom. The maximum atomic E-state index is 13.0. The van der Waals surface area contributed by atoms with Crippen LogP contribution in [-0.4, -0.2) is 56.2 Å². The van der Waals surface area contributed by atoms with E-state index in [2.05, 4.69) is 10.2 Å². The Labute approximate surface area is 151 Å². The first kappa shape index (κ1) is 16.5. The quantitative estimate of drug-likeness (QED) is 0.721. The minimum absolute atomic E-state index is 0.0231. The van der Waals surface area contributed by atoms with Crippen molar-refractivity contribution in [2.45, 2.75) is 19.1 Å². The molecule has 26 heavy (non-hydrogen) atoms. The van der Waals surface area contributed by atoms with Crippen LogP contribution in [0.4, 0.5) is 0 Å². The number of aromatic nitrogens is 4. The van der Waals surface area contributed by atoms with Crippen LogP contribution in [0.2, 0.25) is 0 Å². The van der Waals surface area contributed by atoms with Crippen molar-refractivity contribution in [3.05, 3.63) is 66.7 Å². The zero-order chi connectivity index (χ0) is 17.8. The van der Waals surface area contributed by atoms with Crippen molar-refractivity contribution >= 4 is 5.91 Å². The average Bonchev–Trinajstić information content (AvgIpc) is 3.33. The first-order valence-corrected chi connectivity index (χ1v) is 8.78. The number of carbonyl (C=O) groups excluding carboxylic acids is 1. The average molecular weight is 351 g/mol. The Hall–Kier alpha value is -2.93. The molecule has 1 aromatic carbocycles. The van der Waals surface area contributed by atoms with Crippen molar-refractivity contribution in [1.82, 2.24) is 24.5 Å². The van der Waals surface area contributed by atoms with Crippen LogP contribution in [0.5, 0.6) is 0 Å². The van der Waals surface area contributed by atoms with Gasteiger partial charge in [-0.1, -0.05) is 6.07 Å². The molecule has 1 atom stereocenters. The predicted octanol–water partition coefficient (Wildman–Crippen LogP) is 2.00. The van der Waals surface area contributed by atoms with Gasteiger partial charge in [0.2, 0.25) is 0 Å². The van der Waals surface area contributed by atoms with E-state index < -0.39 is 0 Å². The van der Waals surface area contributed by atoms with Gasteiger partial charge in [0.1, 0.15) is 0 Å². The van der Waals surface area contributed by atoms with Crippen molar-refractivity contribution < 1.29 is 9.53 Å². The molecule has 7 nitrogen and oxygen atoms in total. The van der Waals surface area contributed by atoms with E-state index in [9.17, 15) is 4.79 Å². The predicted molar refractivity (Wildman–Crippen MR) is 96.1 cm³/mol. The van der Waals surface area contributed by atoms with Crippen LogP contribution in [0.25, 0.3) is 5.69 Å². The van der Waals surface area contributed by atoms with Gasteiger partial charge < -0.3 is 9.64 Å². The highest BCUT2D eigenvalue weighted by Gasteiger charge is 2.24. The third-order valence-electron chi connectivity index (χ3n) is 4.45. The molecule has 0 radical (unpaired) electrons. The molecule has 4 rings (SSSR count). The Morgan fingerprint density at radius 3 is 2.85 bits per heavy atom. The van der Waals surface area contributed by atoms with Crippen molar-refractivity contribution in [3.63, 3.8) is 0 Å². The highest BCUT2D eigenvalue weighted by atomic mass is 16.5. The van der Waals surface area contributed by atoms with Crippen LogP contribution in [0, 0.1) is 0 Å². The monoisotopic (exact) mass is 351 g/mol. The Balaban J connectivity index is 1.50. The van der Waals surface area contributed by atoms with Crippen molar-refractivity contribution in [3.8, 4) is 5.69 Å². The molecule has 1 saturated heterocycles. The smallest absolute Gasteiger partial charge is 0.254 e. The number of hydrogen-bond donors (Lipinski definition) is 0. The van der Waals surface area contributed by atoms with E-state index in [0.29, 0.717) is 31.8 Å². The summed E-state index contributed by atoms with van der Waals surface area (Å²) in [5, 5.41) is 8.46. The van der Waals surface area contributed by atoms with Gasteiger partial charge in [-0.05, 0) is 36.8 Å². The summed E-state index contributed by atoms with van der Waals surface area (Å²) in [5.41, 5.74) is 1.54. The topological polar surface area (TPSA) is 65.2 Å². The summed E-state index contributed by atoms with van der Waals surface area (Å²) in [6.45, 7) is 2.55. The maximum absolute atomic E-state index is 13.0. The van der Waals surface area contributed by atoms with E-state index in [4.69, 9.17) is 4.74 Å². The van der Waals surface area contributed by atoms with Crippen LogP contribution in [0.15, 0.2) is 61.2 Å². The van der Waals surface area contributed by atoms with E-state index in [1.165, 1.54) is 0 Å². The molecule has 0 N–H and O–H groups in total. The molecular formula is C19H21N5O2. The molecule has 0 saturated carbocycles. The molecule has 3 heterocycles. The van der Waals surface area contributed by atoms with Gasteiger partial charge in [0.05, 0.1) is 18.3 Å². The lowest BCUT2D eigenvalue weighted by atomic mass is 10.1. The zero-order valence-electron chi connectivity index (χ0n) is 14.4. The summed E-state index contributed by atoms with van der Waals surface area (Å²) < 4.78 is 9.50. The van der Waals surface area contributed by atoms with E-state index in [1.54, 1.807) is 17.1 Å². The summed E-state index contributed by atoms with van der Waals surface area (Å²) in [6.07, 6.45) is 8.02. The first-order valence-electron chi connectivity index (χ1n) is 8.78. The molecular weight excluding hydrogens is 330 g/mol. The Kier molecular flexibility index (Phi) is 4.79. The molecule has 1 aliphatic heterocycles. The number of ether oxygens (including phenoxy) is 1. The minimum atomic E-state index is -0.0596. The summed E-state index contributed by atoms with van der Waals surface area (Å²) in [7, 11) is 0. The van der Waals surface area contributed by atoms with Gasteiger partial charge in [0.25, 0.3) is 5.91 Å². The summed E-state index contributed by atoms with van der Waals surface area (Å²) in [6, 6.07) is 11.3. The third-order valence-corrected chi connectivity index (χ3v) is 4.45. The lowest BCUT2D eigenvalue weighted by Gasteiger charge is -2.24. The normalized spacial score (nSPS) is 17.8. The SMILES string of the molecule is O=C(c1cccc(-n2cccn2)c1)N1CCCO[C@H](Cn2cccn2)C1. The first-order chi connectivity index (χ1) is 12.8. The Morgan fingerprint density at radius 2 is 2.04 bits per heavy atom. The van der Waals surface area contributed by atoms with Crippen LogP contribution >= 0.6 is 0 Å². The fraction of sp³-hybridized carbons (Fsp3) is 0.316. The lowest BCUT2D eigenvalue weighted by molar-refractivity contribution is 0.0367. The van der Waals surface area contributed by atoms with Gasteiger partial charge in [-0.3, -0.25) is 9.48 Å². The van der Waals surface area contributed by atoms with Crippen LogP contribution in [0.3, 0.4) is 0 Å². The van der Waals surface area contributed by atoms with Gasteiger partial charge in [0.15, 0.2) is 0 Å². The van der Waals surface area contributed by atoms with Gasteiger partial charge in [-0.25, -0.2) is 4.68 Å². The van der Waals surface area contributed by atoms with E-state index >= 15 is 0 Å². The lowest BCUT2D eigenvalue weighted by Crippen LogP contribution is -2.38. The van der Waals surface area contributed by atoms with Crippen molar-refractivity contribution in [1.29, 1.82) is 0 Å². The third kappa shape index (κ3) is 3.67. The van der Waals surface area contributed by atoms with Crippen LogP contribution < -0.4 is 0 Å². The maximum Gasteiger partial charge on any atom is 0.254 e. The van der Waals surface area contributed by atoms with Gasteiger partial charge in [-0.15, -0.1) is 0 Å². The molecule has 7 heteroatoms. The molecule has 1 fully saturated rings. The minimum Gasteiger partial charge on any atom is -0.374 e. The van der Waals surface area contributed by atoms with Crippen molar-refractivity contribution in [2.75, 3.05) is 19.7 Å². The molecule has 0 aliphatic carbocycles.